The van der Waals surface area contributed by atoms with Crippen LogP contribution < -0.4 is 10.2 Å². The summed E-state index contributed by atoms with van der Waals surface area (Å²) in [7, 11) is 1.84. The fraction of sp³-hybridized carbons (Fsp3) is 0.636. The summed E-state index contributed by atoms with van der Waals surface area (Å²) >= 11 is 0. The molecule has 5 heteroatoms. The van der Waals surface area contributed by atoms with Crippen LogP contribution in [-0.4, -0.2) is 41.3 Å². The molecule has 2 rings (SSSR count). The van der Waals surface area contributed by atoms with Crippen LogP contribution in [0.25, 0.3) is 0 Å². The number of hydrogen-bond donors (Lipinski definition) is 2. The van der Waals surface area contributed by atoms with Crippen molar-refractivity contribution in [1.82, 2.24) is 9.97 Å². The maximum atomic E-state index is 9.67. The Morgan fingerprint density at radius 1 is 1.50 bits per heavy atom. The Hall–Kier alpha value is -1.36. The number of aromatic nitrogens is 2. The zero-order valence-electron chi connectivity index (χ0n) is 9.72. The molecule has 88 valence electrons. The van der Waals surface area contributed by atoms with Gasteiger partial charge in [-0.1, -0.05) is 6.92 Å². The highest BCUT2D eigenvalue weighted by molar-refractivity contribution is 5.48. The van der Waals surface area contributed by atoms with Gasteiger partial charge >= 0.3 is 0 Å². The zero-order valence-corrected chi connectivity index (χ0v) is 9.72. The zero-order chi connectivity index (χ0) is 11.5. The number of aliphatic hydroxyl groups is 1. The van der Waals surface area contributed by atoms with Crippen molar-refractivity contribution >= 4 is 11.6 Å². The van der Waals surface area contributed by atoms with E-state index in [-0.39, 0.29) is 6.10 Å². The molecule has 1 saturated heterocycles. The third-order valence-corrected chi connectivity index (χ3v) is 3.09. The predicted molar refractivity (Wildman–Crippen MR) is 63.6 cm³/mol. The maximum Gasteiger partial charge on any atom is 0.134 e. The molecule has 1 fully saturated rings. The molecule has 1 aliphatic heterocycles. The molecule has 0 bridgehead atoms. The maximum absolute atomic E-state index is 9.67. The quantitative estimate of drug-likeness (QED) is 0.772. The Balaban J connectivity index is 2.12. The molecule has 0 radical (unpaired) electrons. The van der Waals surface area contributed by atoms with Gasteiger partial charge in [0.2, 0.25) is 0 Å². The van der Waals surface area contributed by atoms with E-state index >= 15 is 0 Å². The molecule has 2 N–H and O–H groups in total. The normalized spacial score (nSPS) is 25.6. The number of anilines is 2. The molecule has 1 aliphatic rings. The van der Waals surface area contributed by atoms with Gasteiger partial charge in [0.1, 0.15) is 18.0 Å². The molecule has 0 spiro atoms. The fourth-order valence-corrected chi connectivity index (χ4v) is 2.00. The van der Waals surface area contributed by atoms with E-state index in [1.54, 1.807) is 6.33 Å². The van der Waals surface area contributed by atoms with E-state index < -0.39 is 0 Å². The van der Waals surface area contributed by atoms with Gasteiger partial charge in [-0.25, -0.2) is 9.97 Å². The highest BCUT2D eigenvalue weighted by atomic mass is 16.3. The Morgan fingerprint density at radius 2 is 2.31 bits per heavy atom. The van der Waals surface area contributed by atoms with Gasteiger partial charge in [-0.2, -0.15) is 0 Å². The number of piperidine rings is 1. The molecule has 0 aromatic carbocycles. The van der Waals surface area contributed by atoms with E-state index in [4.69, 9.17) is 0 Å². The van der Waals surface area contributed by atoms with E-state index in [0.29, 0.717) is 5.92 Å². The predicted octanol–water partition coefficient (Wildman–Crippen LogP) is 0.725. The average molecular weight is 222 g/mol. The van der Waals surface area contributed by atoms with Crippen molar-refractivity contribution in [2.75, 3.05) is 30.4 Å². The van der Waals surface area contributed by atoms with Gasteiger partial charge in [0.05, 0.1) is 6.10 Å². The monoisotopic (exact) mass is 222 g/mol. The Labute approximate surface area is 95.5 Å². The number of hydrogen-bond acceptors (Lipinski definition) is 5. The highest BCUT2D eigenvalue weighted by Gasteiger charge is 2.24. The standard InChI is InChI=1S/C11H18N4O/c1-8-6-15(4-3-9(8)16)11-5-10(12-2)13-7-14-11/h5,7-9,16H,3-4,6H2,1-2H3,(H,12,13,14). The van der Waals surface area contributed by atoms with Crippen LogP contribution in [-0.2, 0) is 0 Å². The van der Waals surface area contributed by atoms with Gasteiger partial charge in [0.25, 0.3) is 0 Å². The molecule has 0 aliphatic carbocycles. The summed E-state index contributed by atoms with van der Waals surface area (Å²) in [5, 5.41) is 12.7. The minimum Gasteiger partial charge on any atom is -0.393 e. The number of aliphatic hydroxyl groups excluding tert-OH is 1. The van der Waals surface area contributed by atoms with Gasteiger partial charge in [-0.3, -0.25) is 0 Å². The first kappa shape index (κ1) is 11.1. The SMILES string of the molecule is CNc1cc(N2CCC(O)C(C)C2)ncn1. The molecular formula is C11H18N4O. The lowest BCUT2D eigenvalue weighted by Crippen LogP contribution is -2.42. The number of nitrogens with zero attached hydrogens (tertiary/aromatic N) is 3. The lowest BCUT2D eigenvalue weighted by Gasteiger charge is -2.35. The molecule has 2 unspecified atom stereocenters. The van der Waals surface area contributed by atoms with Gasteiger partial charge in [-0.15, -0.1) is 0 Å². The molecule has 1 aromatic heterocycles. The van der Waals surface area contributed by atoms with E-state index in [2.05, 4.69) is 27.1 Å². The second kappa shape index (κ2) is 4.65. The Bertz CT molecular complexity index is 358. The van der Waals surface area contributed by atoms with Crippen LogP contribution in [0.5, 0.6) is 0 Å². The third-order valence-electron chi connectivity index (χ3n) is 3.09. The molecule has 16 heavy (non-hydrogen) atoms. The first-order chi connectivity index (χ1) is 7.70. The van der Waals surface area contributed by atoms with E-state index in [9.17, 15) is 5.11 Å². The van der Waals surface area contributed by atoms with Crippen molar-refractivity contribution < 1.29 is 5.11 Å². The van der Waals surface area contributed by atoms with Crippen molar-refractivity contribution in [2.24, 2.45) is 5.92 Å². The van der Waals surface area contributed by atoms with Gasteiger partial charge in [0, 0.05) is 26.2 Å². The summed E-state index contributed by atoms with van der Waals surface area (Å²) in [5.41, 5.74) is 0. The average Bonchev–Trinajstić information content (AvgIpc) is 2.33. The Morgan fingerprint density at radius 3 is 3.00 bits per heavy atom. The molecule has 0 saturated carbocycles. The molecule has 0 amide bonds. The van der Waals surface area contributed by atoms with Gasteiger partial charge in [0.15, 0.2) is 0 Å². The number of rotatable bonds is 2. The van der Waals surface area contributed by atoms with Crippen LogP contribution in [0.15, 0.2) is 12.4 Å². The van der Waals surface area contributed by atoms with Gasteiger partial charge < -0.3 is 15.3 Å². The van der Waals surface area contributed by atoms with Crippen LogP contribution in [0.1, 0.15) is 13.3 Å². The van der Waals surface area contributed by atoms with Crippen molar-refractivity contribution in [2.45, 2.75) is 19.4 Å². The van der Waals surface area contributed by atoms with E-state index in [0.717, 1.165) is 31.1 Å². The van der Waals surface area contributed by atoms with Crippen molar-refractivity contribution in [3.63, 3.8) is 0 Å². The van der Waals surface area contributed by atoms with Crippen LogP contribution in [0.3, 0.4) is 0 Å². The minimum atomic E-state index is -0.179. The summed E-state index contributed by atoms with van der Waals surface area (Å²) in [4.78, 5) is 10.5. The highest BCUT2D eigenvalue weighted by Crippen LogP contribution is 2.22. The number of nitrogens with one attached hydrogen (secondary N) is 1. The van der Waals surface area contributed by atoms with Crippen LogP contribution >= 0.6 is 0 Å². The topological polar surface area (TPSA) is 61.3 Å². The summed E-state index contributed by atoms with van der Waals surface area (Å²) in [6.07, 6.45) is 2.19. The molecular weight excluding hydrogens is 204 g/mol. The second-order valence-electron chi connectivity index (χ2n) is 4.29. The molecule has 2 atom stereocenters. The van der Waals surface area contributed by atoms with Crippen LogP contribution in [0.2, 0.25) is 0 Å². The first-order valence-electron chi connectivity index (χ1n) is 5.63. The molecule has 2 heterocycles. The van der Waals surface area contributed by atoms with Crippen LogP contribution in [0.4, 0.5) is 11.6 Å². The third kappa shape index (κ3) is 2.24. The van der Waals surface area contributed by atoms with Crippen molar-refractivity contribution in [3.8, 4) is 0 Å². The lowest BCUT2D eigenvalue weighted by atomic mass is 9.97. The minimum absolute atomic E-state index is 0.179. The van der Waals surface area contributed by atoms with Gasteiger partial charge in [-0.05, 0) is 12.3 Å². The largest absolute Gasteiger partial charge is 0.393 e. The summed E-state index contributed by atoms with van der Waals surface area (Å²) in [5.74, 6) is 2.05. The first-order valence-corrected chi connectivity index (χ1v) is 5.63. The molecule has 5 nitrogen and oxygen atoms in total. The van der Waals surface area contributed by atoms with E-state index in [1.807, 2.05) is 13.1 Å². The summed E-state index contributed by atoms with van der Waals surface area (Å²) in [6, 6.07) is 1.93. The fourth-order valence-electron chi connectivity index (χ4n) is 2.00. The van der Waals surface area contributed by atoms with Crippen molar-refractivity contribution in [1.29, 1.82) is 0 Å². The summed E-state index contributed by atoms with van der Waals surface area (Å²) in [6.45, 7) is 3.77. The smallest absolute Gasteiger partial charge is 0.134 e. The molecule has 1 aromatic rings. The van der Waals surface area contributed by atoms with E-state index in [1.165, 1.54) is 0 Å². The van der Waals surface area contributed by atoms with Crippen molar-refractivity contribution in [3.05, 3.63) is 12.4 Å². The van der Waals surface area contributed by atoms with Crippen LogP contribution in [0, 0.1) is 5.92 Å². The Kier molecular flexibility index (Phi) is 3.24. The second-order valence-corrected chi connectivity index (χ2v) is 4.29. The summed E-state index contributed by atoms with van der Waals surface area (Å²) < 4.78 is 0. The lowest BCUT2D eigenvalue weighted by molar-refractivity contribution is 0.0969.